The van der Waals surface area contributed by atoms with Crippen LogP contribution in [0.1, 0.15) is 24.0 Å². The summed E-state index contributed by atoms with van der Waals surface area (Å²) in [6.07, 6.45) is 6.06. The highest BCUT2D eigenvalue weighted by Crippen LogP contribution is 2.46. The maximum Gasteiger partial charge on any atom is 0.106 e. The Balaban J connectivity index is 1.36. The minimum Gasteiger partial charge on any atom is -0.317 e. The van der Waals surface area contributed by atoms with Crippen molar-refractivity contribution in [2.24, 2.45) is 11.8 Å². The molecule has 0 saturated carbocycles. The Morgan fingerprint density at radius 1 is 0.750 bits per heavy atom. The second-order valence-electron chi connectivity index (χ2n) is 11.3. The third-order valence-corrected chi connectivity index (χ3v) is 9.47. The van der Waals surface area contributed by atoms with Crippen LogP contribution in [0.25, 0.3) is 32.3 Å². The molecule has 36 heavy (non-hydrogen) atoms. The molecule has 1 nitrogen and oxygen atoms in total. The lowest BCUT2D eigenvalue weighted by molar-refractivity contribution is -0.980. The highest BCUT2D eigenvalue weighted by molar-refractivity contribution is 6.02. The summed E-state index contributed by atoms with van der Waals surface area (Å²) in [6.45, 7) is 7.89. The molecule has 0 amide bonds. The van der Waals surface area contributed by atoms with Crippen LogP contribution in [-0.4, -0.2) is 23.6 Å². The van der Waals surface area contributed by atoms with Gasteiger partial charge in [-0.05, 0) is 49.9 Å². The predicted octanol–water partition coefficient (Wildman–Crippen LogP) is 8.30. The summed E-state index contributed by atoms with van der Waals surface area (Å²) in [6, 6.07) is 36.9. The molecule has 8 rings (SSSR count). The summed E-state index contributed by atoms with van der Waals surface area (Å²) >= 11 is 0. The molecule has 0 N–H and O–H groups in total. The van der Waals surface area contributed by atoms with Gasteiger partial charge in [0.1, 0.15) is 6.54 Å². The number of benzene rings is 5. The number of fused-ring (bicyclic) bond motifs is 6. The van der Waals surface area contributed by atoms with Crippen LogP contribution in [-0.2, 0) is 13.0 Å². The minimum atomic E-state index is 0.628. The van der Waals surface area contributed by atoms with Gasteiger partial charge in [0, 0.05) is 30.7 Å². The number of rotatable bonds is 5. The Kier molecular flexibility index (Phi) is 5.22. The Labute approximate surface area is 214 Å². The molecule has 2 bridgehead atoms. The molecule has 3 aliphatic heterocycles. The summed E-state index contributed by atoms with van der Waals surface area (Å²) < 4.78 is 1.19. The van der Waals surface area contributed by atoms with E-state index < -0.39 is 0 Å². The van der Waals surface area contributed by atoms with Gasteiger partial charge in [-0.15, -0.1) is 6.58 Å². The Morgan fingerprint density at radius 2 is 1.39 bits per heavy atom. The molecule has 3 heterocycles. The number of quaternary nitrogens is 1. The van der Waals surface area contributed by atoms with Gasteiger partial charge in [0.25, 0.3) is 0 Å². The zero-order valence-electron chi connectivity index (χ0n) is 20.9. The van der Waals surface area contributed by atoms with Crippen molar-refractivity contribution in [3.8, 4) is 0 Å². The molecule has 0 spiro atoms. The van der Waals surface area contributed by atoms with Crippen LogP contribution < -0.4 is 0 Å². The van der Waals surface area contributed by atoms with Crippen molar-refractivity contribution in [1.29, 1.82) is 0 Å². The molecular formula is C35H34N+. The lowest BCUT2D eigenvalue weighted by atomic mass is 9.71. The second kappa shape index (κ2) is 8.61. The molecule has 4 atom stereocenters. The molecule has 3 aliphatic rings. The summed E-state index contributed by atoms with van der Waals surface area (Å²) in [5, 5.41) is 8.37. The first-order valence-corrected chi connectivity index (χ1v) is 13.6. The third-order valence-electron chi connectivity index (χ3n) is 9.47. The van der Waals surface area contributed by atoms with Crippen molar-refractivity contribution < 1.29 is 4.48 Å². The molecule has 3 fully saturated rings. The molecule has 5 aromatic rings. The average molecular weight is 469 g/mol. The van der Waals surface area contributed by atoms with Gasteiger partial charge in [0.2, 0.25) is 0 Å². The summed E-state index contributed by atoms with van der Waals surface area (Å²) in [4.78, 5) is 0. The van der Waals surface area contributed by atoms with E-state index in [2.05, 4.69) is 110 Å². The highest BCUT2D eigenvalue weighted by atomic mass is 15.4. The Morgan fingerprint density at radius 3 is 2.11 bits per heavy atom. The van der Waals surface area contributed by atoms with E-state index in [9.17, 15) is 0 Å². The minimum absolute atomic E-state index is 0.628. The molecule has 0 aromatic heterocycles. The van der Waals surface area contributed by atoms with Crippen molar-refractivity contribution in [3.05, 3.63) is 121 Å². The van der Waals surface area contributed by atoms with Crippen LogP contribution in [0.3, 0.4) is 0 Å². The van der Waals surface area contributed by atoms with E-state index in [1.54, 1.807) is 0 Å². The van der Waals surface area contributed by atoms with Crippen molar-refractivity contribution in [1.82, 2.24) is 0 Å². The molecule has 0 unspecified atom stereocenters. The highest BCUT2D eigenvalue weighted by Gasteiger charge is 2.51. The van der Waals surface area contributed by atoms with Gasteiger partial charge in [-0.2, -0.15) is 0 Å². The normalized spacial score (nSPS) is 25.5. The lowest BCUT2D eigenvalue weighted by Crippen LogP contribution is -2.66. The fraction of sp³-hybridized carbons (Fsp3) is 0.257. The molecular weight excluding hydrogens is 434 g/mol. The monoisotopic (exact) mass is 468 g/mol. The number of piperidine rings is 3. The fourth-order valence-corrected chi connectivity index (χ4v) is 7.63. The fourth-order valence-electron chi connectivity index (χ4n) is 7.63. The quantitative estimate of drug-likeness (QED) is 0.138. The van der Waals surface area contributed by atoms with Gasteiger partial charge in [0.05, 0.1) is 19.1 Å². The van der Waals surface area contributed by atoms with Crippen molar-refractivity contribution in [3.63, 3.8) is 0 Å². The zero-order chi connectivity index (χ0) is 24.1. The van der Waals surface area contributed by atoms with Crippen LogP contribution in [0.5, 0.6) is 0 Å². The van der Waals surface area contributed by atoms with Crippen molar-refractivity contribution in [2.45, 2.75) is 31.8 Å². The van der Waals surface area contributed by atoms with Crippen LogP contribution >= 0.6 is 0 Å². The topological polar surface area (TPSA) is 0 Å². The van der Waals surface area contributed by atoms with Gasteiger partial charge >= 0.3 is 0 Å². The lowest BCUT2D eigenvalue weighted by Gasteiger charge is -2.57. The maximum absolute atomic E-state index is 4.28. The molecule has 0 aliphatic carbocycles. The van der Waals surface area contributed by atoms with E-state index in [-0.39, 0.29) is 0 Å². The predicted molar refractivity (Wildman–Crippen MR) is 153 cm³/mol. The van der Waals surface area contributed by atoms with E-state index in [4.69, 9.17) is 0 Å². The first-order chi connectivity index (χ1) is 17.7. The standard InChI is InChI=1S/C35H34N/c1-2-25-23-36(24-35-33-16-7-4-11-28(33)20-29-12-5-8-17-34(29)35)19-18-27(25)21-31(36)22-30-14-9-13-26-10-3-6-15-32(26)30/h2-17,20,25,27,31H,1,18-19,21-24H2/q+1/t25-,27+,31-,36-/m1/s1. The second-order valence-corrected chi connectivity index (χ2v) is 11.3. The van der Waals surface area contributed by atoms with Gasteiger partial charge in [-0.25, -0.2) is 0 Å². The molecule has 0 radical (unpaired) electrons. The zero-order valence-corrected chi connectivity index (χ0v) is 20.9. The number of hydrogen-bond donors (Lipinski definition) is 0. The summed E-state index contributed by atoms with van der Waals surface area (Å²) in [5.41, 5.74) is 3.05. The number of hydrogen-bond acceptors (Lipinski definition) is 0. The van der Waals surface area contributed by atoms with E-state index in [1.807, 2.05) is 0 Å². The SMILES string of the molecule is C=C[C@@H]1C[N@@+]2(Cc3c4ccccc4cc4ccccc34)CC[C@H]1C[C@@H]2Cc1cccc2ccccc12. The van der Waals surface area contributed by atoms with Gasteiger partial charge in [-0.1, -0.05) is 97.1 Å². The van der Waals surface area contributed by atoms with Crippen LogP contribution in [0.4, 0.5) is 0 Å². The molecule has 3 saturated heterocycles. The summed E-state index contributed by atoms with van der Waals surface area (Å²) in [5.74, 6) is 1.41. The largest absolute Gasteiger partial charge is 0.317 e. The van der Waals surface area contributed by atoms with Crippen LogP contribution in [0.2, 0.25) is 0 Å². The molecule has 5 aromatic carbocycles. The van der Waals surface area contributed by atoms with Gasteiger partial charge in [-0.3, -0.25) is 0 Å². The van der Waals surface area contributed by atoms with E-state index in [0.29, 0.717) is 12.0 Å². The third kappa shape index (κ3) is 3.49. The first-order valence-electron chi connectivity index (χ1n) is 13.6. The Bertz CT molecular complexity index is 1540. The van der Waals surface area contributed by atoms with Gasteiger partial charge < -0.3 is 4.48 Å². The Hall–Kier alpha value is -3.42. The number of nitrogens with zero attached hydrogens (tertiary/aromatic N) is 1. The van der Waals surface area contributed by atoms with Crippen LogP contribution in [0, 0.1) is 11.8 Å². The summed E-state index contributed by atoms with van der Waals surface area (Å²) in [7, 11) is 0. The van der Waals surface area contributed by atoms with E-state index >= 15 is 0 Å². The van der Waals surface area contributed by atoms with E-state index in [0.717, 1.165) is 18.9 Å². The first kappa shape index (κ1) is 21.8. The van der Waals surface area contributed by atoms with E-state index in [1.165, 1.54) is 73.9 Å². The maximum atomic E-state index is 4.28. The van der Waals surface area contributed by atoms with Crippen molar-refractivity contribution >= 4 is 32.3 Å². The molecule has 178 valence electrons. The smallest absolute Gasteiger partial charge is 0.106 e. The average Bonchev–Trinajstić information content (AvgIpc) is 2.93. The van der Waals surface area contributed by atoms with Gasteiger partial charge in [0.15, 0.2) is 0 Å². The molecule has 1 heteroatoms. The van der Waals surface area contributed by atoms with Crippen LogP contribution in [0.15, 0.2) is 110 Å². The van der Waals surface area contributed by atoms with Crippen molar-refractivity contribution in [2.75, 3.05) is 13.1 Å².